The molecule has 8 heteroatoms. The molecule has 29 heavy (non-hydrogen) atoms. The van der Waals surface area contributed by atoms with Crippen LogP contribution in [0.5, 0.6) is 17.2 Å². The molecule has 1 amide bonds. The van der Waals surface area contributed by atoms with Crippen molar-refractivity contribution >= 4 is 11.6 Å². The lowest BCUT2D eigenvalue weighted by Gasteiger charge is -2.21. The molecule has 0 aliphatic carbocycles. The molecule has 2 aromatic carbocycles. The standard InChI is InChI=1S/C21H22N4O4/c1-24(2)16-5-4-13(10-14(16)20(22)26)25-7-6-23-21(25)15-11-18-19(12-17(15)27-3)29-9-8-28-18/h4-7,10-12H,8-9H2,1-3H3,(H2,22,26). The molecule has 0 atom stereocenters. The van der Waals surface area contributed by atoms with Crippen LogP contribution in [0, 0.1) is 0 Å². The van der Waals surface area contributed by atoms with Crippen LogP contribution < -0.4 is 24.8 Å². The highest BCUT2D eigenvalue weighted by atomic mass is 16.6. The van der Waals surface area contributed by atoms with Crippen molar-refractivity contribution in [3.05, 3.63) is 48.3 Å². The van der Waals surface area contributed by atoms with Crippen molar-refractivity contribution in [2.45, 2.75) is 0 Å². The lowest BCUT2D eigenvalue weighted by molar-refractivity contribution is 0.100. The van der Waals surface area contributed by atoms with Gasteiger partial charge < -0.3 is 24.8 Å². The summed E-state index contributed by atoms with van der Waals surface area (Å²) in [6.45, 7) is 0.986. The van der Waals surface area contributed by atoms with E-state index in [4.69, 9.17) is 19.9 Å². The van der Waals surface area contributed by atoms with Crippen LogP contribution in [0.15, 0.2) is 42.7 Å². The predicted molar refractivity (Wildman–Crippen MR) is 109 cm³/mol. The molecule has 150 valence electrons. The van der Waals surface area contributed by atoms with Gasteiger partial charge in [0.1, 0.15) is 24.8 Å². The lowest BCUT2D eigenvalue weighted by atomic mass is 10.1. The number of primary amides is 1. The molecule has 8 nitrogen and oxygen atoms in total. The van der Waals surface area contributed by atoms with Gasteiger partial charge in [0, 0.05) is 43.9 Å². The Labute approximate surface area is 168 Å². The molecule has 0 bridgehead atoms. The summed E-state index contributed by atoms with van der Waals surface area (Å²) < 4.78 is 18.8. The number of imidazole rings is 1. The van der Waals surface area contributed by atoms with Gasteiger partial charge in [0.25, 0.3) is 5.91 Å². The highest BCUT2D eigenvalue weighted by Gasteiger charge is 2.21. The Morgan fingerprint density at radius 2 is 1.90 bits per heavy atom. The maximum atomic E-state index is 12.0. The number of nitrogens with zero attached hydrogens (tertiary/aromatic N) is 3. The fraction of sp³-hybridized carbons (Fsp3) is 0.238. The first kappa shape index (κ1) is 18.7. The summed E-state index contributed by atoms with van der Waals surface area (Å²) in [7, 11) is 5.33. The molecular weight excluding hydrogens is 372 g/mol. The van der Waals surface area contributed by atoms with Crippen LogP contribution in [-0.2, 0) is 0 Å². The number of nitrogens with two attached hydrogens (primary N) is 1. The number of hydrogen-bond acceptors (Lipinski definition) is 6. The van der Waals surface area contributed by atoms with Crippen LogP contribution in [0.25, 0.3) is 17.1 Å². The van der Waals surface area contributed by atoms with E-state index in [9.17, 15) is 4.79 Å². The second-order valence-corrected chi connectivity index (χ2v) is 6.78. The quantitative estimate of drug-likeness (QED) is 0.715. The predicted octanol–water partition coefficient (Wildman–Crippen LogP) is 2.48. The van der Waals surface area contributed by atoms with Gasteiger partial charge in [-0.15, -0.1) is 0 Å². The molecule has 1 aromatic heterocycles. The third kappa shape index (κ3) is 3.33. The number of amides is 1. The maximum Gasteiger partial charge on any atom is 0.250 e. The summed E-state index contributed by atoms with van der Waals surface area (Å²) in [6.07, 6.45) is 3.51. The number of carbonyl (C=O) groups excluding carboxylic acids is 1. The number of benzene rings is 2. The summed E-state index contributed by atoms with van der Waals surface area (Å²) >= 11 is 0. The number of fused-ring (bicyclic) bond motifs is 1. The summed E-state index contributed by atoms with van der Waals surface area (Å²) in [6, 6.07) is 9.19. The number of methoxy groups -OCH3 is 1. The summed E-state index contributed by atoms with van der Waals surface area (Å²) in [5, 5.41) is 0. The van der Waals surface area contributed by atoms with Gasteiger partial charge in [-0.2, -0.15) is 0 Å². The van der Waals surface area contributed by atoms with Gasteiger partial charge >= 0.3 is 0 Å². The van der Waals surface area contributed by atoms with E-state index in [-0.39, 0.29) is 0 Å². The van der Waals surface area contributed by atoms with Crippen molar-refractivity contribution in [3.63, 3.8) is 0 Å². The molecule has 4 rings (SSSR count). The summed E-state index contributed by atoms with van der Waals surface area (Å²) in [5.41, 5.74) is 8.29. The van der Waals surface area contributed by atoms with Crippen LogP contribution in [0.4, 0.5) is 5.69 Å². The fourth-order valence-corrected chi connectivity index (χ4v) is 3.39. The molecular formula is C21H22N4O4. The molecule has 1 aliphatic heterocycles. The monoisotopic (exact) mass is 394 g/mol. The number of carbonyl (C=O) groups is 1. The van der Waals surface area contributed by atoms with E-state index in [1.807, 2.05) is 48.0 Å². The number of rotatable bonds is 5. The number of hydrogen-bond donors (Lipinski definition) is 1. The summed E-state index contributed by atoms with van der Waals surface area (Å²) in [5.74, 6) is 2.05. The topological polar surface area (TPSA) is 91.8 Å². The Bertz CT molecular complexity index is 1070. The molecule has 0 spiro atoms. The van der Waals surface area contributed by atoms with E-state index in [0.717, 1.165) is 16.9 Å². The van der Waals surface area contributed by atoms with Crippen molar-refractivity contribution in [2.24, 2.45) is 5.73 Å². The fourth-order valence-electron chi connectivity index (χ4n) is 3.39. The molecule has 2 N–H and O–H groups in total. The molecule has 0 fully saturated rings. The molecule has 0 saturated carbocycles. The van der Waals surface area contributed by atoms with Gasteiger partial charge in [-0.3, -0.25) is 9.36 Å². The van der Waals surface area contributed by atoms with Gasteiger partial charge in [0.05, 0.1) is 18.2 Å². The van der Waals surface area contributed by atoms with Crippen LogP contribution in [0.1, 0.15) is 10.4 Å². The highest BCUT2D eigenvalue weighted by Crippen LogP contribution is 2.41. The first-order valence-corrected chi connectivity index (χ1v) is 9.12. The van der Waals surface area contributed by atoms with Crippen molar-refractivity contribution in [1.82, 2.24) is 9.55 Å². The second kappa shape index (κ2) is 7.38. The SMILES string of the molecule is COc1cc2c(cc1-c1nccn1-c1ccc(N(C)C)c(C(N)=O)c1)OCCO2. The van der Waals surface area contributed by atoms with E-state index in [2.05, 4.69) is 4.98 Å². The largest absolute Gasteiger partial charge is 0.496 e. The minimum Gasteiger partial charge on any atom is -0.496 e. The lowest BCUT2D eigenvalue weighted by Crippen LogP contribution is -2.19. The molecule has 2 heterocycles. The zero-order chi connectivity index (χ0) is 20.5. The Hall–Kier alpha value is -3.68. The van der Waals surface area contributed by atoms with Crippen molar-refractivity contribution in [3.8, 4) is 34.3 Å². The Kier molecular flexibility index (Phi) is 4.75. The zero-order valence-corrected chi connectivity index (χ0v) is 16.5. The molecule has 0 radical (unpaired) electrons. The van der Waals surface area contributed by atoms with E-state index in [1.54, 1.807) is 25.4 Å². The van der Waals surface area contributed by atoms with Gasteiger partial charge in [0.2, 0.25) is 0 Å². The van der Waals surface area contributed by atoms with E-state index >= 15 is 0 Å². The normalized spacial score (nSPS) is 12.5. The number of ether oxygens (including phenoxy) is 3. The second-order valence-electron chi connectivity index (χ2n) is 6.78. The van der Waals surface area contributed by atoms with Crippen molar-refractivity contribution in [1.29, 1.82) is 0 Å². The average Bonchev–Trinajstić information content (AvgIpc) is 3.21. The van der Waals surface area contributed by atoms with Gasteiger partial charge in [0.15, 0.2) is 11.5 Å². The average molecular weight is 394 g/mol. The van der Waals surface area contributed by atoms with E-state index in [0.29, 0.717) is 41.9 Å². The van der Waals surface area contributed by atoms with Crippen LogP contribution >= 0.6 is 0 Å². The van der Waals surface area contributed by atoms with E-state index < -0.39 is 5.91 Å². The van der Waals surface area contributed by atoms with Crippen LogP contribution in [-0.4, -0.2) is 49.9 Å². The number of anilines is 1. The minimum atomic E-state index is -0.492. The highest BCUT2D eigenvalue weighted by molar-refractivity contribution is 5.99. The Morgan fingerprint density at radius 3 is 2.55 bits per heavy atom. The molecule has 1 aliphatic rings. The van der Waals surface area contributed by atoms with Crippen molar-refractivity contribution in [2.75, 3.05) is 39.3 Å². The third-order valence-electron chi connectivity index (χ3n) is 4.75. The third-order valence-corrected chi connectivity index (χ3v) is 4.75. The van der Waals surface area contributed by atoms with Crippen molar-refractivity contribution < 1.29 is 19.0 Å². The van der Waals surface area contributed by atoms with Crippen LogP contribution in [0.2, 0.25) is 0 Å². The van der Waals surface area contributed by atoms with Gasteiger partial charge in [-0.1, -0.05) is 0 Å². The molecule has 0 saturated heterocycles. The molecule has 3 aromatic rings. The number of aromatic nitrogens is 2. The van der Waals surface area contributed by atoms with E-state index in [1.165, 1.54) is 0 Å². The van der Waals surface area contributed by atoms with Gasteiger partial charge in [-0.25, -0.2) is 4.98 Å². The smallest absolute Gasteiger partial charge is 0.250 e. The summed E-state index contributed by atoms with van der Waals surface area (Å²) in [4.78, 5) is 18.3. The maximum absolute atomic E-state index is 12.0. The first-order valence-electron chi connectivity index (χ1n) is 9.12. The minimum absolute atomic E-state index is 0.432. The Balaban J connectivity index is 1.85. The zero-order valence-electron chi connectivity index (χ0n) is 16.5. The van der Waals surface area contributed by atoms with Gasteiger partial charge in [-0.05, 0) is 24.3 Å². The Morgan fingerprint density at radius 1 is 1.17 bits per heavy atom. The molecule has 0 unspecified atom stereocenters. The first-order chi connectivity index (χ1) is 14.0. The van der Waals surface area contributed by atoms with Crippen LogP contribution in [0.3, 0.4) is 0 Å².